The topological polar surface area (TPSA) is 92.8 Å². The van der Waals surface area contributed by atoms with Crippen molar-refractivity contribution in [2.24, 2.45) is 23.7 Å². The Morgan fingerprint density at radius 3 is 2.30 bits per heavy atom. The summed E-state index contributed by atoms with van der Waals surface area (Å²) in [4.78, 5) is 52.0. The second-order valence-corrected chi connectivity index (χ2v) is 9.12. The fraction of sp³-hybridized carbons (Fsp3) is 0.385. The van der Waals surface area contributed by atoms with Crippen LogP contribution in [0.4, 0.5) is 11.4 Å². The Morgan fingerprint density at radius 2 is 1.67 bits per heavy atom. The van der Waals surface area contributed by atoms with Gasteiger partial charge in [0.25, 0.3) is 5.91 Å². The lowest BCUT2D eigenvalue weighted by atomic mass is 9.81. The van der Waals surface area contributed by atoms with Gasteiger partial charge in [-0.15, -0.1) is 0 Å². The zero-order valence-corrected chi connectivity index (χ0v) is 18.5. The number of nitrogens with one attached hydrogen (secondary N) is 1. The SMILES string of the molecule is CCc1ccc(NC(=O)COC(=O)c2cccc(N3C(=O)[C@H]4[C@H]5CC[C@@H](C5)[C@@H]4C3=O)c2)cc1. The first-order valence-electron chi connectivity index (χ1n) is 11.5. The van der Waals surface area contributed by atoms with Gasteiger partial charge in [-0.05, 0) is 73.4 Å². The van der Waals surface area contributed by atoms with Crippen LogP contribution in [0.15, 0.2) is 48.5 Å². The summed E-state index contributed by atoms with van der Waals surface area (Å²) in [6.07, 6.45) is 3.89. The van der Waals surface area contributed by atoms with Crippen LogP contribution < -0.4 is 10.2 Å². The summed E-state index contributed by atoms with van der Waals surface area (Å²) < 4.78 is 5.16. The van der Waals surface area contributed by atoms with Gasteiger partial charge in [-0.1, -0.05) is 25.1 Å². The minimum absolute atomic E-state index is 0.156. The first-order chi connectivity index (χ1) is 16.0. The molecular weight excluding hydrogens is 420 g/mol. The van der Waals surface area contributed by atoms with Gasteiger partial charge in [0.15, 0.2) is 6.61 Å². The van der Waals surface area contributed by atoms with Crippen molar-refractivity contribution in [2.75, 3.05) is 16.8 Å². The van der Waals surface area contributed by atoms with Crippen LogP contribution in [0.5, 0.6) is 0 Å². The number of nitrogens with zero attached hydrogens (tertiary/aromatic N) is 1. The van der Waals surface area contributed by atoms with Gasteiger partial charge < -0.3 is 10.1 Å². The highest BCUT2D eigenvalue weighted by Crippen LogP contribution is 2.56. The largest absolute Gasteiger partial charge is 0.452 e. The third-order valence-corrected chi connectivity index (χ3v) is 7.25. The Morgan fingerprint density at radius 1 is 1.00 bits per heavy atom. The number of anilines is 2. The van der Waals surface area contributed by atoms with Crippen molar-refractivity contribution in [2.45, 2.75) is 32.6 Å². The third-order valence-electron chi connectivity index (χ3n) is 7.25. The minimum atomic E-state index is -0.687. The lowest BCUT2D eigenvalue weighted by Gasteiger charge is -2.19. The molecular formula is C26H26N2O5. The van der Waals surface area contributed by atoms with Crippen LogP contribution in [-0.4, -0.2) is 30.3 Å². The fourth-order valence-corrected chi connectivity index (χ4v) is 5.67. The van der Waals surface area contributed by atoms with Gasteiger partial charge in [0.2, 0.25) is 11.8 Å². The summed E-state index contributed by atoms with van der Waals surface area (Å²) in [5.41, 5.74) is 2.35. The Balaban J connectivity index is 1.23. The smallest absolute Gasteiger partial charge is 0.338 e. The highest BCUT2D eigenvalue weighted by Gasteiger charge is 2.61. The number of aryl methyl sites for hydroxylation is 1. The number of ether oxygens (including phenoxy) is 1. The Bertz CT molecular complexity index is 1100. The molecule has 2 aromatic carbocycles. The summed E-state index contributed by atoms with van der Waals surface area (Å²) in [6, 6.07) is 13.8. The normalized spacial score (nSPS) is 25.3. The monoisotopic (exact) mass is 446 g/mol. The Hall–Kier alpha value is -3.48. The number of imide groups is 1. The number of amides is 3. The second-order valence-electron chi connectivity index (χ2n) is 9.12. The third kappa shape index (κ3) is 3.81. The highest BCUT2D eigenvalue weighted by molar-refractivity contribution is 6.22. The van der Waals surface area contributed by atoms with E-state index in [-0.39, 0.29) is 29.2 Å². The summed E-state index contributed by atoms with van der Waals surface area (Å²) >= 11 is 0. The van der Waals surface area contributed by atoms with Crippen molar-refractivity contribution in [1.29, 1.82) is 0 Å². The lowest BCUT2D eigenvalue weighted by molar-refractivity contribution is -0.123. The number of rotatable bonds is 6. The molecule has 2 saturated carbocycles. The Kier molecular flexibility index (Phi) is 5.48. The maximum atomic E-state index is 13.0. The average molecular weight is 447 g/mol. The number of benzene rings is 2. The molecule has 2 aliphatic carbocycles. The molecule has 1 heterocycles. The second kappa shape index (κ2) is 8.46. The molecule has 3 fully saturated rings. The van der Waals surface area contributed by atoms with Crippen molar-refractivity contribution in [3.8, 4) is 0 Å². The van der Waals surface area contributed by atoms with Crippen LogP contribution in [0.2, 0.25) is 0 Å². The number of esters is 1. The maximum Gasteiger partial charge on any atom is 0.338 e. The molecule has 2 aromatic rings. The lowest BCUT2D eigenvalue weighted by Crippen LogP contribution is -2.32. The van der Waals surface area contributed by atoms with Gasteiger partial charge in [0, 0.05) is 5.69 Å². The summed E-state index contributed by atoms with van der Waals surface area (Å²) in [6.45, 7) is 1.61. The van der Waals surface area contributed by atoms with E-state index in [1.54, 1.807) is 30.3 Å². The standard InChI is InChI=1S/C26H26N2O5/c1-2-15-6-10-19(11-7-15)27-21(29)14-33-26(32)18-4-3-5-20(13-18)28-24(30)22-16-8-9-17(12-16)23(22)25(28)31/h3-7,10-11,13,16-17,22-23H,2,8-9,12,14H2,1H3,(H,27,29)/t16-,17-,22-,23-/m0/s1. The molecule has 0 aromatic heterocycles. The first-order valence-corrected chi connectivity index (χ1v) is 11.5. The van der Waals surface area contributed by atoms with E-state index >= 15 is 0 Å². The number of fused-ring (bicyclic) bond motifs is 5. The molecule has 1 aliphatic heterocycles. The summed E-state index contributed by atoms with van der Waals surface area (Å²) in [5.74, 6) is -1.29. The van der Waals surface area contributed by atoms with Gasteiger partial charge in [-0.3, -0.25) is 19.3 Å². The molecule has 5 rings (SSSR count). The van der Waals surface area contributed by atoms with Crippen LogP contribution in [0.25, 0.3) is 0 Å². The molecule has 0 radical (unpaired) electrons. The van der Waals surface area contributed by atoms with Crippen molar-refractivity contribution >= 4 is 35.1 Å². The van der Waals surface area contributed by atoms with E-state index in [4.69, 9.17) is 4.74 Å². The van der Waals surface area contributed by atoms with E-state index in [0.717, 1.165) is 31.2 Å². The fourth-order valence-electron chi connectivity index (χ4n) is 5.67. The van der Waals surface area contributed by atoms with Crippen molar-refractivity contribution in [1.82, 2.24) is 0 Å². The molecule has 7 heteroatoms. The summed E-state index contributed by atoms with van der Waals surface area (Å²) in [5, 5.41) is 2.69. The number of hydrogen-bond acceptors (Lipinski definition) is 5. The van der Waals surface area contributed by atoms with Gasteiger partial charge in [0.05, 0.1) is 23.1 Å². The van der Waals surface area contributed by atoms with Crippen molar-refractivity contribution in [3.05, 3.63) is 59.7 Å². The molecule has 7 nitrogen and oxygen atoms in total. The van der Waals surface area contributed by atoms with Crippen LogP contribution >= 0.6 is 0 Å². The van der Waals surface area contributed by atoms with Gasteiger partial charge >= 0.3 is 5.97 Å². The van der Waals surface area contributed by atoms with Crippen LogP contribution in [0.3, 0.4) is 0 Å². The first kappa shape index (κ1) is 21.4. The molecule has 1 N–H and O–H groups in total. The van der Waals surface area contributed by atoms with E-state index in [1.807, 2.05) is 19.1 Å². The molecule has 4 atom stereocenters. The van der Waals surface area contributed by atoms with E-state index in [9.17, 15) is 19.2 Å². The highest BCUT2D eigenvalue weighted by atomic mass is 16.5. The zero-order chi connectivity index (χ0) is 23.1. The number of carbonyl (C=O) groups excluding carboxylic acids is 4. The van der Waals surface area contributed by atoms with E-state index in [1.165, 1.54) is 11.0 Å². The quantitative estimate of drug-likeness (QED) is 0.541. The molecule has 33 heavy (non-hydrogen) atoms. The van der Waals surface area contributed by atoms with Crippen LogP contribution in [0, 0.1) is 23.7 Å². The molecule has 1 saturated heterocycles. The van der Waals surface area contributed by atoms with E-state index in [2.05, 4.69) is 5.32 Å². The van der Waals surface area contributed by atoms with Gasteiger partial charge in [0.1, 0.15) is 0 Å². The summed E-state index contributed by atoms with van der Waals surface area (Å²) in [7, 11) is 0. The Labute approximate surface area is 192 Å². The molecule has 0 unspecified atom stereocenters. The predicted octanol–water partition coefficient (Wildman–Crippen LogP) is 3.58. The molecule has 3 aliphatic rings. The van der Waals surface area contributed by atoms with Crippen LogP contribution in [0.1, 0.15) is 42.1 Å². The number of carbonyl (C=O) groups is 4. The minimum Gasteiger partial charge on any atom is -0.452 e. The van der Waals surface area contributed by atoms with Gasteiger partial charge in [-0.25, -0.2) is 4.79 Å². The van der Waals surface area contributed by atoms with Gasteiger partial charge in [-0.2, -0.15) is 0 Å². The molecule has 2 bridgehead atoms. The number of hydrogen-bond donors (Lipinski definition) is 1. The van der Waals surface area contributed by atoms with E-state index < -0.39 is 18.5 Å². The average Bonchev–Trinajstić information content (AvgIpc) is 3.51. The van der Waals surface area contributed by atoms with E-state index in [0.29, 0.717) is 23.2 Å². The molecule has 0 spiro atoms. The molecule has 3 amide bonds. The zero-order valence-electron chi connectivity index (χ0n) is 18.5. The van der Waals surface area contributed by atoms with Crippen LogP contribution in [-0.2, 0) is 25.5 Å². The predicted molar refractivity (Wildman–Crippen MR) is 121 cm³/mol. The molecule has 170 valence electrons. The van der Waals surface area contributed by atoms with Crippen molar-refractivity contribution in [3.63, 3.8) is 0 Å². The van der Waals surface area contributed by atoms with Crippen molar-refractivity contribution < 1.29 is 23.9 Å². The maximum absolute atomic E-state index is 13.0.